The fourth-order valence-corrected chi connectivity index (χ4v) is 3.28. The summed E-state index contributed by atoms with van der Waals surface area (Å²) < 4.78 is 6.79. The van der Waals surface area contributed by atoms with Crippen LogP contribution >= 0.6 is 11.8 Å². The highest BCUT2D eigenvalue weighted by atomic mass is 32.2. The van der Waals surface area contributed by atoms with E-state index in [0.717, 1.165) is 11.4 Å². The van der Waals surface area contributed by atoms with Crippen LogP contribution in [0.3, 0.4) is 0 Å². The molecular formula is C16H20N2O4S. The van der Waals surface area contributed by atoms with Gasteiger partial charge >= 0.3 is 5.97 Å². The second kappa shape index (κ2) is 7.04. The number of carbonyl (C=O) groups excluding carboxylic acids is 3. The van der Waals surface area contributed by atoms with Gasteiger partial charge in [-0.3, -0.25) is 14.5 Å². The van der Waals surface area contributed by atoms with Crippen molar-refractivity contribution in [3.8, 4) is 0 Å². The molecular weight excluding hydrogens is 316 g/mol. The van der Waals surface area contributed by atoms with E-state index in [4.69, 9.17) is 4.74 Å². The number of amides is 1. The van der Waals surface area contributed by atoms with Gasteiger partial charge in [0.05, 0.1) is 30.0 Å². The minimum Gasteiger partial charge on any atom is -0.463 e. The molecule has 7 heteroatoms. The highest BCUT2D eigenvalue weighted by molar-refractivity contribution is 8.04. The van der Waals surface area contributed by atoms with E-state index in [1.54, 1.807) is 6.92 Å². The predicted octanol–water partition coefficient (Wildman–Crippen LogP) is 1.80. The number of ether oxygens (including phenoxy) is 1. The molecule has 23 heavy (non-hydrogen) atoms. The summed E-state index contributed by atoms with van der Waals surface area (Å²) in [5.74, 6) is -0.597. The zero-order chi connectivity index (χ0) is 17.1. The van der Waals surface area contributed by atoms with Crippen molar-refractivity contribution in [1.82, 2.24) is 9.47 Å². The molecule has 6 nitrogen and oxygen atoms in total. The number of hydrogen-bond acceptors (Lipinski definition) is 5. The van der Waals surface area contributed by atoms with E-state index >= 15 is 0 Å². The number of aromatic nitrogens is 1. The Balaban J connectivity index is 2.19. The van der Waals surface area contributed by atoms with E-state index < -0.39 is 5.97 Å². The fraction of sp³-hybridized carbons (Fsp3) is 0.438. The normalized spacial score (nSPS) is 16.3. The standard InChI is InChI=1S/C16H20N2O4S/c1-5-22-16(21)7-15-18(14(20)9-23-15)8-13(19)12-6-10(2)17(4)11(12)3/h6-7H,5,8-9H2,1-4H3/b15-7+. The van der Waals surface area contributed by atoms with Gasteiger partial charge in [-0.15, -0.1) is 0 Å². The minimum absolute atomic E-state index is 0.0681. The Morgan fingerprint density at radius 2 is 2.09 bits per heavy atom. The summed E-state index contributed by atoms with van der Waals surface area (Å²) >= 11 is 1.24. The van der Waals surface area contributed by atoms with Gasteiger partial charge in [-0.1, -0.05) is 11.8 Å². The molecule has 0 aromatic carbocycles. The Kier molecular flexibility index (Phi) is 5.30. The Hall–Kier alpha value is -2.02. The fourth-order valence-electron chi connectivity index (χ4n) is 2.35. The molecule has 1 saturated heterocycles. The van der Waals surface area contributed by atoms with Crippen LogP contribution in [0.2, 0.25) is 0 Å². The Morgan fingerprint density at radius 3 is 2.65 bits per heavy atom. The average molecular weight is 336 g/mol. The van der Waals surface area contributed by atoms with E-state index in [0.29, 0.717) is 10.6 Å². The number of Topliss-reactive ketones (excluding diaryl/α,β-unsaturated/α-hetero) is 1. The van der Waals surface area contributed by atoms with Gasteiger partial charge in [0.15, 0.2) is 5.78 Å². The summed E-state index contributed by atoms with van der Waals surface area (Å²) in [7, 11) is 1.89. The highest BCUT2D eigenvalue weighted by Crippen LogP contribution is 2.29. The van der Waals surface area contributed by atoms with Gasteiger partial charge in [0, 0.05) is 24.0 Å². The maximum atomic E-state index is 12.5. The van der Waals surface area contributed by atoms with Crippen molar-refractivity contribution >= 4 is 29.4 Å². The molecule has 1 aromatic heterocycles. The van der Waals surface area contributed by atoms with Crippen molar-refractivity contribution in [2.24, 2.45) is 7.05 Å². The summed E-state index contributed by atoms with van der Waals surface area (Å²) in [4.78, 5) is 37.5. The van der Waals surface area contributed by atoms with E-state index in [-0.39, 0.29) is 30.6 Å². The molecule has 1 fully saturated rings. The van der Waals surface area contributed by atoms with Crippen LogP contribution in [0.1, 0.15) is 28.7 Å². The zero-order valence-electron chi connectivity index (χ0n) is 13.7. The number of nitrogens with zero attached hydrogens (tertiary/aromatic N) is 2. The van der Waals surface area contributed by atoms with Crippen molar-refractivity contribution in [2.45, 2.75) is 20.8 Å². The number of ketones is 1. The first-order chi connectivity index (χ1) is 10.8. The van der Waals surface area contributed by atoms with Gasteiger partial charge in [-0.05, 0) is 26.8 Å². The Bertz CT molecular complexity index is 690. The van der Waals surface area contributed by atoms with E-state index in [1.807, 2.05) is 31.5 Å². The maximum Gasteiger partial charge on any atom is 0.333 e. The third-order valence-electron chi connectivity index (χ3n) is 3.82. The molecule has 2 heterocycles. The van der Waals surface area contributed by atoms with E-state index in [9.17, 15) is 14.4 Å². The third kappa shape index (κ3) is 3.67. The first-order valence-corrected chi connectivity index (χ1v) is 8.31. The molecule has 1 aliphatic rings. The number of thioether (sulfide) groups is 1. The van der Waals surface area contributed by atoms with Crippen LogP contribution in [0.25, 0.3) is 0 Å². The largest absolute Gasteiger partial charge is 0.463 e. The monoisotopic (exact) mass is 336 g/mol. The van der Waals surface area contributed by atoms with Crippen molar-refractivity contribution < 1.29 is 19.1 Å². The number of hydrogen-bond donors (Lipinski definition) is 0. The summed E-state index contributed by atoms with van der Waals surface area (Å²) in [6.07, 6.45) is 1.27. The molecule has 0 spiro atoms. The van der Waals surface area contributed by atoms with Crippen molar-refractivity contribution in [3.05, 3.63) is 34.1 Å². The lowest BCUT2D eigenvalue weighted by Crippen LogP contribution is -2.31. The lowest BCUT2D eigenvalue weighted by molar-refractivity contribution is -0.137. The molecule has 0 aliphatic carbocycles. The number of rotatable bonds is 5. The van der Waals surface area contributed by atoms with Gasteiger partial charge in [-0.2, -0.15) is 0 Å². The Labute approximate surface area is 139 Å². The molecule has 0 N–H and O–H groups in total. The smallest absolute Gasteiger partial charge is 0.333 e. The SMILES string of the molecule is CCOC(=O)/C=C1/SCC(=O)N1CC(=O)c1cc(C)n(C)c1C. The molecule has 0 saturated carbocycles. The van der Waals surface area contributed by atoms with E-state index in [2.05, 4.69) is 0 Å². The molecule has 124 valence electrons. The summed E-state index contributed by atoms with van der Waals surface area (Å²) in [5.41, 5.74) is 2.45. The summed E-state index contributed by atoms with van der Waals surface area (Å²) in [6, 6.07) is 1.82. The molecule has 0 unspecified atom stereocenters. The first kappa shape index (κ1) is 17.3. The quantitative estimate of drug-likeness (QED) is 0.466. The van der Waals surface area contributed by atoms with Crippen LogP contribution < -0.4 is 0 Å². The molecule has 2 rings (SSSR count). The lowest BCUT2D eigenvalue weighted by atomic mass is 10.1. The van der Waals surface area contributed by atoms with Gasteiger partial charge < -0.3 is 9.30 Å². The van der Waals surface area contributed by atoms with Crippen LogP contribution in [-0.4, -0.2) is 46.0 Å². The molecule has 1 aromatic rings. The summed E-state index contributed by atoms with van der Waals surface area (Å²) in [6.45, 7) is 5.71. The molecule has 1 aliphatic heterocycles. The van der Waals surface area contributed by atoms with Crippen LogP contribution in [0.5, 0.6) is 0 Å². The second-order valence-electron chi connectivity index (χ2n) is 5.27. The number of esters is 1. The maximum absolute atomic E-state index is 12.5. The van der Waals surface area contributed by atoms with Gasteiger partial charge in [-0.25, -0.2) is 4.79 Å². The third-order valence-corrected chi connectivity index (χ3v) is 4.84. The predicted molar refractivity (Wildman–Crippen MR) is 88.1 cm³/mol. The average Bonchev–Trinajstić information content (AvgIpc) is 2.95. The minimum atomic E-state index is -0.506. The first-order valence-electron chi connectivity index (χ1n) is 7.32. The number of carbonyl (C=O) groups is 3. The lowest BCUT2D eigenvalue weighted by Gasteiger charge is -2.16. The van der Waals surface area contributed by atoms with Crippen LogP contribution in [0.15, 0.2) is 17.2 Å². The topological polar surface area (TPSA) is 68.6 Å². The number of aryl methyl sites for hydroxylation is 1. The van der Waals surface area contributed by atoms with Gasteiger partial charge in [0.2, 0.25) is 5.91 Å². The van der Waals surface area contributed by atoms with Gasteiger partial charge in [0.25, 0.3) is 0 Å². The second-order valence-corrected chi connectivity index (χ2v) is 6.27. The van der Waals surface area contributed by atoms with Crippen molar-refractivity contribution in [3.63, 3.8) is 0 Å². The van der Waals surface area contributed by atoms with Crippen LogP contribution in [0.4, 0.5) is 0 Å². The molecule has 0 radical (unpaired) electrons. The molecule has 0 bridgehead atoms. The van der Waals surface area contributed by atoms with Gasteiger partial charge in [0.1, 0.15) is 0 Å². The van der Waals surface area contributed by atoms with Crippen molar-refractivity contribution in [1.29, 1.82) is 0 Å². The molecule has 1 amide bonds. The highest BCUT2D eigenvalue weighted by Gasteiger charge is 2.30. The Morgan fingerprint density at radius 1 is 1.39 bits per heavy atom. The van der Waals surface area contributed by atoms with Crippen LogP contribution in [0, 0.1) is 13.8 Å². The van der Waals surface area contributed by atoms with E-state index in [1.165, 1.54) is 22.7 Å². The van der Waals surface area contributed by atoms with Crippen LogP contribution in [-0.2, 0) is 21.4 Å². The zero-order valence-corrected chi connectivity index (χ0v) is 14.5. The summed E-state index contributed by atoms with van der Waals surface area (Å²) in [5, 5.41) is 0.465. The molecule has 0 atom stereocenters. The van der Waals surface area contributed by atoms with Crippen molar-refractivity contribution in [2.75, 3.05) is 18.9 Å².